The van der Waals surface area contributed by atoms with E-state index in [-0.39, 0.29) is 6.04 Å². The van der Waals surface area contributed by atoms with Gasteiger partial charge in [0.15, 0.2) is 0 Å². The Labute approximate surface area is 93.0 Å². The summed E-state index contributed by atoms with van der Waals surface area (Å²) in [5, 5.41) is 0. The minimum Gasteiger partial charge on any atom is -0.324 e. The second-order valence-corrected chi connectivity index (χ2v) is 4.15. The summed E-state index contributed by atoms with van der Waals surface area (Å²) in [7, 11) is 0. The SMILES string of the molecule is C=C(C)CCC(N)c1ccccc1CC. The lowest BCUT2D eigenvalue weighted by Gasteiger charge is -2.15. The molecule has 0 amide bonds. The topological polar surface area (TPSA) is 26.0 Å². The first kappa shape index (κ1) is 12.0. The molecule has 1 aromatic carbocycles. The van der Waals surface area contributed by atoms with Gasteiger partial charge in [0.05, 0.1) is 0 Å². The molecule has 0 saturated heterocycles. The molecule has 0 heterocycles. The second-order valence-electron chi connectivity index (χ2n) is 4.15. The Morgan fingerprint density at radius 2 is 2.07 bits per heavy atom. The van der Waals surface area contributed by atoms with E-state index in [0.717, 1.165) is 19.3 Å². The van der Waals surface area contributed by atoms with Crippen LogP contribution in [-0.4, -0.2) is 0 Å². The maximum atomic E-state index is 6.18. The van der Waals surface area contributed by atoms with Gasteiger partial charge < -0.3 is 5.73 Å². The second kappa shape index (κ2) is 5.72. The summed E-state index contributed by atoms with van der Waals surface area (Å²) in [5.41, 5.74) is 10.0. The number of nitrogens with two attached hydrogens (primary N) is 1. The number of hydrogen-bond acceptors (Lipinski definition) is 1. The first-order valence-corrected chi connectivity index (χ1v) is 5.63. The monoisotopic (exact) mass is 203 g/mol. The zero-order chi connectivity index (χ0) is 11.3. The van der Waals surface area contributed by atoms with Gasteiger partial charge in [0.1, 0.15) is 0 Å². The summed E-state index contributed by atoms with van der Waals surface area (Å²) in [6.07, 6.45) is 3.06. The van der Waals surface area contributed by atoms with Crippen LogP contribution in [0, 0.1) is 0 Å². The molecule has 2 N–H and O–H groups in total. The molecule has 1 unspecified atom stereocenters. The number of benzene rings is 1. The summed E-state index contributed by atoms with van der Waals surface area (Å²) in [6.45, 7) is 8.13. The van der Waals surface area contributed by atoms with E-state index in [4.69, 9.17) is 5.73 Å². The van der Waals surface area contributed by atoms with E-state index < -0.39 is 0 Å². The number of rotatable bonds is 5. The van der Waals surface area contributed by atoms with Crippen LogP contribution >= 0.6 is 0 Å². The summed E-state index contributed by atoms with van der Waals surface area (Å²) in [6, 6.07) is 8.60. The van der Waals surface area contributed by atoms with E-state index in [9.17, 15) is 0 Å². The van der Waals surface area contributed by atoms with Gasteiger partial charge in [-0.25, -0.2) is 0 Å². The van der Waals surface area contributed by atoms with E-state index in [2.05, 4.69) is 44.7 Å². The quantitative estimate of drug-likeness (QED) is 0.727. The average molecular weight is 203 g/mol. The molecule has 15 heavy (non-hydrogen) atoms. The third-order valence-corrected chi connectivity index (χ3v) is 2.72. The highest BCUT2D eigenvalue weighted by Gasteiger charge is 2.08. The van der Waals surface area contributed by atoms with E-state index in [1.54, 1.807) is 0 Å². The van der Waals surface area contributed by atoms with Gasteiger partial charge in [-0.15, -0.1) is 6.58 Å². The normalized spacial score (nSPS) is 12.5. The Bertz CT molecular complexity index is 328. The molecular formula is C14H21N. The van der Waals surface area contributed by atoms with Crippen LogP contribution in [0.2, 0.25) is 0 Å². The van der Waals surface area contributed by atoms with Crippen LogP contribution in [-0.2, 0) is 6.42 Å². The standard InChI is InChI=1S/C14H21N/c1-4-12-7-5-6-8-13(12)14(15)10-9-11(2)3/h5-8,14H,2,4,9-10,15H2,1,3H3. The fourth-order valence-corrected chi connectivity index (χ4v) is 1.78. The van der Waals surface area contributed by atoms with Crippen LogP contribution in [0.4, 0.5) is 0 Å². The summed E-state index contributed by atoms with van der Waals surface area (Å²) in [4.78, 5) is 0. The van der Waals surface area contributed by atoms with Crippen molar-refractivity contribution in [3.05, 3.63) is 47.5 Å². The van der Waals surface area contributed by atoms with E-state index in [0.29, 0.717) is 0 Å². The lowest BCUT2D eigenvalue weighted by molar-refractivity contribution is 0.643. The van der Waals surface area contributed by atoms with Crippen molar-refractivity contribution in [3.8, 4) is 0 Å². The molecule has 0 aromatic heterocycles. The lowest BCUT2D eigenvalue weighted by Crippen LogP contribution is -2.12. The number of hydrogen-bond donors (Lipinski definition) is 1. The van der Waals surface area contributed by atoms with Crippen molar-refractivity contribution in [3.63, 3.8) is 0 Å². The smallest absolute Gasteiger partial charge is 0.0300 e. The molecular weight excluding hydrogens is 182 g/mol. The molecule has 1 nitrogen and oxygen atoms in total. The highest BCUT2D eigenvalue weighted by molar-refractivity contribution is 5.29. The molecule has 0 spiro atoms. The van der Waals surface area contributed by atoms with Gasteiger partial charge in [0, 0.05) is 6.04 Å². The molecule has 1 atom stereocenters. The van der Waals surface area contributed by atoms with Gasteiger partial charge >= 0.3 is 0 Å². The van der Waals surface area contributed by atoms with Crippen molar-refractivity contribution in [2.75, 3.05) is 0 Å². The fraction of sp³-hybridized carbons (Fsp3) is 0.429. The third kappa shape index (κ3) is 3.52. The highest BCUT2D eigenvalue weighted by atomic mass is 14.6. The van der Waals surface area contributed by atoms with Crippen LogP contribution in [0.25, 0.3) is 0 Å². The molecule has 1 rings (SSSR count). The first-order chi connectivity index (χ1) is 7.15. The van der Waals surface area contributed by atoms with Gasteiger partial charge in [0.2, 0.25) is 0 Å². The van der Waals surface area contributed by atoms with E-state index >= 15 is 0 Å². The maximum Gasteiger partial charge on any atom is 0.0300 e. The van der Waals surface area contributed by atoms with Gasteiger partial charge in [-0.05, 0) is 37.3 Å². The Morgan fingerprint density at radius 1 is 1.40 bits per heavy atom. The van der Waals surface area contributed by atoms with Gasteiger partial charge in [0.25, 0.3) is 0 Å². The molecule has 82 valence electrons. The highest BCUT2D eigenvalue weighted by Crippen LogP contribution is 2.21. The Kier molecular flexibility index (Phi) is 4.57. The van der Waals surface area contributed by atoms with Crippen LogP contribution in [0.1, 0.15) is 43.9 Å². The molecule has 0 radical (unpaired) electrons. The van der Waals surface area contributed by atoms with Crippen LogP contribution in [0.5, 0.6) is 0 Å². The summed E-state index contributed by atoms with van der Waals surface area (Å²) in [5.74, 6) is 0. The first-order valence-electron chi connectivity index (χ1n) is 5.63. The van der Waals surface area contributed by atoms with Crippen molar-refractivity contribution < 1.29 is 0 Å². The third-order valence-electron chi connectivity index (χ3n) is 2.72. The Morgan fingerprint density at radius 3 is 2.67 bits per heavy atom. The summed E-state index contributed by atoms with van der Waals surface area (Å²) < 4.78 is 0. The Balaban J connectivity index is 2.72. The maximum absolute atomic E-state index is 6.18. The lowest BCUT2D eigenvalue weighted by atomic mass is 9.95. The van der Waals surface area contributed by atoms with E-state index in [1.165, 1.54) is 16.7 Å². The Hall–Kier alpha value is -1.08. The molecule has 0 bridgehead atoms. The zero-order valence-electron chi connectivity index (χ0n) is 9.79. The molecule has 0 saturated carbocycles. The van der Waals surface area contributed by atoms with Gasteiger partial charge in [-0.1, -0.05) is 36.8 Å². The van der Waals surface area contributed by atoms with Gasteiger partial charge in [-0.2, -0.15) is 0 Å². The minimum atomic E-state index is 0.151. The van der Waals surface area contributed by atoms with Crippen molar-refractivity contribution in [2.45, 2.75) is 39.2 Å². The van der Waals surface area contributed by atoms with Crippen molar-refractivity contribution in [1.29, 1.82) is 0 Å². The molecule has 0 aliphatic carbocycles. The van der Waals surface area contributed by atoms with Crippen LogP contribution in [0.3, 0.4) is 0 Å². The van der Waals surface area contributed by atoms with E-state index in [1.807, 2.05) is 0 Å². The molecule has 0 fully saturated rings. The minimum absolute atomic E-state index is 0.151. The van der Waals surface area contributed by atoms with Crippen molar-refractivity contribution in [2.24, 2.45) is 5.73 Å². The van der Waals surface area contributed by atoms with Crippen LogP contribution < -0.4 is 5.73 Å². The van der Waals surface area contributed by atoms with Crippen molar-refractivity contribution in [1.82, 2.24) is 0 Å². The number of allylic oxidation sites excluding steroid dienone is 1. The fourth-order valence-electron chi connectivity index (χ4n) is 1.78. The van der Waals surface area contributed by atoms with Crippen LogP contribution in [0.15, 0.2) is 36.4 Å². The molecule has 1 heteroatoms. The largest absolute Gasteiger partial charge is 0.324 e. The van der Waals surface area contributed by atoms with Crippen molar-refractivity contribution >= 4 is 0 Å². The predicted molar refractivity (Wildman–Crippen MR) is 66.8 cm³/mol. The van der Waals surface area contributed by atoms with Gasteiger partial charge in [-0.3, -0.25) is 0 Å². The zero-order valence-corrected chi connectivity index (χ0v) is 9.79. The number of aryl methyl sites for hydroxylation is 1. The molecule has 0 aliphatic rings. The average Bonchev–Trinajstić information content (AvgIpc) is 2.25. The predicted octanol–water partition coefficient (Wildman–Crippen LogP) is 3.61. The summed E-state index contributed by atoms with van der Waals surface area (Å²) >= 11 is 0. The molecule has 0 aliphatic heterocycles. The molecule has 1 aromatic rings.